The maximum absolute atomic E-state index is 13.1. The molecule has 0 unspecified atom stereocenters. The van der Waals surface area contributed by atoms with Gasteiger partial charge in [-0.1, -0.05) is 42.8 Å². The Kier molecular flexibility index (Phi) is 13.2. The van der Waals surface area contributed by atoms with Crippen LogP contribution in [-0.2, 0) is 19.6 Å². The van der Waals surface area contributed by atoms with Crippen LogP contribution < -0.4 is 22.2 Å². The standard InChI is InChI=1S/C25H22ClN7O2.C17H11ClN4O3.CH3F.CH4/c1-13-7-21(27)30-14(2)18(13)11-29-25(35)24-23-20(5-6-22(34)31-23)33(32-24)12-15-3-4-19-16(8-15)9-17(26)10-28-19;18-11-6-10-5-9(1-2-12(10)19-7-11)8-22-13-3-4-14(23)20-15(13)16(21-22)17(24)25;1-2;/h3-10H,11-12H2,1-2H3,(H2,27,30)(H,29,35)(H,31,34);1-7H,8H2,(H,20,23)(H,24,25);1H3;1H4/i;;1D;. The molecular formula is C44H40Cl2FN11O5. The van der Waals surface area contributed by atoms with Crippen LogP contribution in [0, 0.1) is 13.8 Å². The predicted octanol–water partition coefficient (Wildman–Crippen LogP) is 7.39. The Morgan fingerprint density at radius 3 is 1.78 bits per heavy atom. The van der Waals surface area contributed by atoms with Gasteiger partial charge in [0.2, 0.25) is 11.1 Å². The number of carbonyl (C=O) groups is 2. The Bertz CT molecular complexity index is 3310. The Morgan fingerprint density at radius 1 is 0.794 bits per heavy atom. The van der Waals surface area contributed by atoms with E-state index in [0.717, 1.165) is 49.8 Å². The average Bonchev–Trinajstić information content (AvgIpc) is 3.77. The fourth-order valence-electron chi connectivity index (χ4n) is 6.98. The molecule has 0 saturated carbocycles. The first-order valence-corrected chi connectivity index (χ1v) is 19.3. The lowest BCUT2D eigenvalue weighted by atomic mass is 10.1. The number of halogens is 3. The van der Waals surface area contributed by atoms with E-state index in [1.165, 1.54) is 12.1 Å². The maximum atomic E-state index is 13.1. The van der Waals surface area contributed by atoms with E-state index in [2.05, 4.69) is 40.4 Å². The third-order valence-corrected chi connectivity index (χ3v) is 10.2. The molecule has 0 saturated heterocycles. The number of nitrogens with two attached hydrogens (primary N) is 1. The first-order valence-electron chi connectivity index (χ1n) is 19.3. The highest BCUT2D eigenvalue weighted by Gasteiger charge is 2.20. The number of aryl methyl sites for hydroxylation is 2. The first kappa shape index (κ1) is 43.6. The molecule has 63 heavy (non-hydrogen) atoms. The summed E-state index contributed by atoms with van der Waals surface area (Å²) in [5, 5.41) is 23.8. The van der Waals surface area contributed by atoms with Gasteiger partial charge in [-0.15, -0.1) is 0 Å². The van der Waals surface area contributed by atoms with Crippen molar-refractivity contribution in [3.05, 3.63) is 161 Å². The minimum Gasteiger partial charge on any atom is -0.476 e. The molecule has 1 amide bonds. The van der Waals surface area contributed by atoms with Crippen LogP contribution in [0.1, 0.15) is 57.7 Å². The molecule has 9 rings (SSSR count). The topological polar surface area (TPSA) is 232 Å². The number of H-pyrrole nitrogens is 2. The minimum atomic E-state index is -1.19. The molecule has 2 aromatic carbocycles. The van der Waals surface area contributed by atoms with E-state index in [4.69, 9.17) is 30.3 Å². The summed E-state index contributed by atoms with van der Waals surface area (Å²) in [7, 11) is -1.00. The molecule has 9 aromatic rings. The van der Waals surface area contributed by atoms with Crippen LogP contribution in [0.15, 0.2) is 101 Å². The zero-order chi connectivity index (χ0) is 44.9. The summed E-state index contributed by atoms with van der Waals surface area (Å²) < 4.78 is 18.7. The number of aromatic nitrogens is 9. The van der Waals surface area contributed by atoms with E-state index in [1.54, 1.807) is 40.0 Å². The number of pyridine rings is 5. The van der Waals surface area contributed by atoms with Gasteiger partial charge >= 0.3 is 5.97 Å². The maximum Gasteiger partial charge on any atom is 0.358 e. The summed E-state index contributed by atoms with van der Waals surface area (Å²) in [6.07, 6.45) is 3.19. The van der Waals surface area contributed by atoms with Gasteiger partial charge < -0.3 is 26.1 Å². The largest absolute Gasteiger partial charge is 0.476 e. The number of carboxylic acids is 1. The van der Waals surface area contributed by atoms with Gasteiger partial charge in [0.15, 0.2) is 11.4 Å². The molecule has 7 aromatic heterocycles. The van der Waals surface area contributed by atoms with Gasteiger partial charge in [0, 0.05) is 47.5 Å². The molecule has 0 radical (unpaired) electrons. The summed E-state index contributed by atoms with van der Waals surface area (Å²) >= 11 is 12.1. The molecule has 0 atom stereocenters. The molecule has 6 N–H and O–H groups in total. The summed E-state index contributed by atoms with van der Waals surface area (Å²) in [4.78, 5) is 66.2. The Hall–Kier alpha value is -7.50. The number of hydrogen-bond donors (Lipinski definition) is 5. The van der Waals surface area contributed by atoms with Crippen LogP contribution in [0.25, 0.3) is 43.9 Å². The number of carboxylic acid groups (broad SMARTS) is 1. The van der Waals surface area contributed by atoms with E-state index < -0.39 is 19.0 Å². The van der Waals surface area contributed by atoms with E-state index in [9.17, 15) is 28.7 Å². The molecular weight excluding hydrogens is 852 g/mol. The van der Waals surface area contributed by atoms with Crippen molar-refractivity contribution in [3.8, 4) is 0 Å². The van der Waals surface area contributed by atoms with Crippen LogP contribution in [-0.4, -0.2) is 68.6 Å². The average molecular weight is 894 g/mol. The van der Waals surface area contributed by atoms with E-state index in [0.29, 0.717) is 45.5 Å². The van der Waals surface area contributed by atoms with E-state index in [1.807, 2.05) is 62.4 Å². The van der Waals surface area contributed by atoms with Gasteiger partial charge in [0.25, 0.3) is 5.91 Å². The second kappa shape index (κ2) is 19.0. The molecule has 16 nitrogen and oxygen atoms in total. The molecule has 0 aliphatic heterocycles. The van der Waals surface area contributed by atoms with Gasteiger partial charge in [0.1, 0.15) is 16.9 Å². The van der Waals surface area contributed by atoms with Gasteiger partial charge in [-0.25, -0.2) is 9.78 Å². The van der Waals surface area contributed by atoms with Crippen molar-refractivity contribution in [2.75, 3.05) is 12.9 Å². The fraction of sp³-hybridized carbons (Fsp3) is 0.159. The van der Waals surface area contributed by atoms with Gasteiger partial charge in [-0.2, -0.15) is 10.2 Å². The van der Waals surface area contributed by atoms with Crippen molar-refractivity contribution in [1.29, 1.82) is 0 Å². The summed E-state index contributed by atoms with van der Waals surface area (Å²) in [6, 6.07) is 22.9. The van der Waals surface area contributed by atoms with Crippen LogP contribution in [0.4, 0.5) is 10.2 Å². The highest BCUT2D eigenvalue weighted by molar-refractivity contribution is 6.31. The number of fused-ring (bicyclic) bond motifs is 4. The van der Waals surface area contributed by atoms with Gasteiger partial charge in [-0.05, 0) is 90.7 Å². The second-order valence-electron chi connectivity index (χ2n) is 14.0. The van der Waals surface area contributed by atoms with Crippen LogP contribution in [0.5, 0.6) is 0 Å². The normalized spacial score (nSPS) is 11.0. The Balaban J connectivity index is 0.000000207. The van der Waals surface area contributed by atoms with Crippen LogP contribution >= 0.6 is 23.2 Å². The number of nitrogens with one attached hydrogen (secondary N) is 3. The number of nitrogens with zero attached hydrogens (tertiary/aromatic N) is 7. The molecule has 0 fully saturated rings. The van der Waals surface area contributed by atoms with Crippen LogP contribution in [0.2, 0.25) is 10.0 Å². The second-order valence-corrected chi connectivity index (χ2v) is 14.8. The number of aromatic carboxylic acids is 1. The van der Waals surface area contributed by atoms with E-state index >= 15 is 0 Å². The molecule has 19 heteroatoms. The zero-order valence-corrected chi connectivity index (χ0v) is 34.4. The molecule has 0 bridgehead atoms. The molecule has 0 aliphatic carbocycles. The smallest absolute Gasteiger partial charge is 0.358 e. The SMILES string of the molecule is C.Cc1cc(N)nc(C)c1CNC(=O)c1nn(Cc2ccc3ncc(Cl)cc3c2)c2ccc(=O)[nH]c12.O=C(O)c1nn(Cc2ccc3ncc(Cl)cc3c2)c2ccc(=O)[nH]c12.[2H]CF. The number of rotatable bonds is 8. The van der Waals surface area contributed by atoms with Crippen molar-refractivity contribution < 1.29 is 20.5 Å². The summed E-state index contributed by atoms with van der Waals surface area (Å²) in [5.74, 6) is -1.16. The van der Waals surface area contributed by atoms with Crippen molar-refractivity contribution in [3.63, 3.8) is 0 Å². The van der Waals surface area contributed by atoms with Crippen molar-refractivity contribution in [1.82, 2.24) is 49.8 Å². The highest BCUT2D eigenvalue weighted by Crippen LogP contribution is 2.23. The van der Waals surface area contributed by atoms with Crippen LogP contribution in [0.3, 0.4) is 0 Å². The lowest BCUT2D eigenvalue weighted by Crippen LogP contribution is -2.25. The fourth-order valence-corrected chi connectivity index (χ4v) is 7.31. The van der Waals surface area contributed by atoms with Gasteiger partial charge in [-0.3, -0.25) is 38.1 Å². The Morgan fingerprint density at radius 2 is 1.29 bits per heavy atom. The molecule has 322 valence electrons. The minimum absolute atomic E-state index is 0. The van der Waals surface area contributed by atoms with E-state index in [-0.39, 0.29) is 42.0 Å². The number of anilines is 1. The highest BCUT2D eigenvalue weighted by atomic mass is 35.5. The lowest BCUT2D eigenvalue weighted by Gasteiger charge is -2.11. The van der Waals surface area contributed by atoms with Crippen molar-refractivity contribution >= 4 is 84.8 Å². The summed E-state index contributed by atoms with van der Waals surface area (Å²) in [6.45, 7) is 4.75. The third kappa shape index (κ3) is 9.85. The number of hydrogen-bond acceptors (Lipinski definition) is 10. The van der Waals surface area contributed by atoms with Crippen molar-refractivity contribution in [2.45, 2.75) is 40.9 Å². The quantitative estimate of drug-likeness (QED) is 0.101. The number of amides is 1. The monoisotopic (exact) mass is 892 g/mol. The first-order chi connectivity index (χ1) is 30.2. The predicted molar refractivity (Wildman–Crippen MR) is 242 cm³/mol. The molecule has 0 spiro atoms. The zero-order valence-electron chi connectivity index (χ0n) is 33.9. The number of alkyl halides is 1. The van der Waals surface area contributed by atoms with Gasteiger partial charge in [0.05, 0.1) is 53.7 Å². The molecule has 0 aliphatic rings. The lowest BCUT2D eigenvalue weighted by molar-refractivity contribution is 0.0691. The number of nitrogen functional groups attached to an aromatic ring is 1. The number of benzene rings is 2. The number of carbonyl (C=O) groups excluding carboxylic acids is 1. The third-order valence-electron chi connectivity index (χ3n) is 9.77. The summed E-state index contributed by atoms with van der Waals surface area (Å²) in [5.41, 5.74) is 12.9. The number of aromatic amines is 2. The van der Waals surface area contributed by atoms with Crippen molar-refractivity contribution in [2.24, 2.45) is 0 Å². The molecule has 7 heterocycles. The Labute approximate surface area is 369 Å².